The molecule has 0 unspecified atom stereocenters. The van der Waals surface area contributed by atoms with E-state index in [0.29, 0.717) is 37.2 Å². The number of carbonyl (C=O) groups is 2. The minimum Gasteiger partial charge on any atom is -0.493 e. The lowest BCUT2D eigenvalue weighted by molar-refractivity contribution is -0.113. The Bertz CT molecular complexity index is 931. The van der Waals surface area contributed by atoms with E-state index >= 15 is 0 Å². The number of benzene rings is 2. The number of methoxy groups -OCH3 is 2. The van der Waals surface area contributed by atoms with E-state index in [1.807, 2.05) is 0 Å². The molecule has 0 aliphatic carbocycles. The largest absolute Gasteiger partial charge is 0.493 e. The van der Waals surface area contributed by atoms with Crippen LogP contribution in [-0.4, -0.2) is 25.4 Å². The lowest BCUT2D eigenvalue weighted by atomic mass is 10.1. The molecule has 0 atom stereocenters. The van der Waals surface area contributed by atoms with Crippen LogP contribution in [0.2, 0.25) is 5.02 Å². The summed E-state index contributed by atoms with van der Waals surface area (Å²) in [5.74, 6) is 0.684. The highest BCUT2D eigenvalue weighted by atomic mass is 79.9. The second-order valence-electron chi connectivity index (χ2n) is 5.23. The summed E-state index contributed by atoms with van der Waals surface area (Å²) in [5, 5.41) is 0.0771. The predicted molar refractivity (Wildman–Crippen MR) is 107 cm³/mol. The highest BCUT2D eigenvalue weighted by Crippen LogP contribution is 2.39. The van der Waals surface area contributed by atoms with Crippen LogP contribution in [0.3, 0.4) is 0 Å². The zero-order valence-electron chi connectivity index (χ0n) is 13.8. The third-order valence-electron chi connectivity index (χ3n) is 3.65. The minimum absolute atomic E-state index is 0.308. The van der Waals surface area contributed by atoms with Gasteiger partial charge in [-0.05, 0) is 53.7 Å². The van der Waals surface area contributed by atoms with Crippen LogP contribution in [0, 0.1) is 0 Å². The van der Waals surface area contributed by atoms with Crippen LogP contribution in [0.25, 0.3) is 6.08 Å². The summed E-state index contributed by atoms with van der Waals surface area (Å²) < 4.78 is 11.2. The Hall–Kier alpha value is -1.96. The molecule has 2 amide bonds. The second-order valence-corrected chi connectivity index (χ2v) is 7.51. The van der Waals surface area contributed by atoms with Gasteiger partial charge < -0.3 is 9.47 Å². The topological polar surface area (TPSA) is 55.8 Å². The van der Waals surface area contributed by atoms with Crippen LogP contribution in [0.15, 0.2) is 45.8 Å². The fourth-order valence-corrected chi connectivity index (χ4v) is 3.88. The summed E-state index contributed by atoms with van der Waals surface area (Å²) in [7, 11) is 3.07. The Kier molecular flexibility index (Phi) is 5.60. The number of amides is 2. The van der Waals surface area contributed by atoms with E-state index in [1.54, 1.807) is 49.6 Å². The molecular weight excluding hydrogens is 442 g/mol. The van der Waals surface area contributed by atoms with Gasteiger partial charge in [-0.2, -0.15) is 0 Å². The van der Waals surface area contributed by atoms with Gasteiger partial charge in [-0.25, -0.2) is 4.90 Å². The Morgan fingerprint density at radius 2 is 1.81 bits per heavy atom. The van der Waals surface area contributed by atoms with Gasteiger partial charge >= 0.3 is 0 Å². The van der Waals surface area contributed by atoms with Crippen molar-refractivity contribution in [2.45, 2.75) is 0 Å². The summed E-state index contributed by atoms with van der Waals surface area (Å²) in [4.78, 5) is 26.5. The first kappa shape index (κ1) is 18.8. The molecule has 0 aromatic heterocycles. The van der Waals surface area contributed by atoms with Gasteiger partial charge in [0.15, 0.2) is 11.5 Å². The number of rotatable bonds is 4. The van der Waals surface area contributed by atoms with Crippen molar-refractivity contribution in [1.82, 2.24) is 0 Å². The van der Waals surface area contributed by atoms with Crippen LogP contribution in [-0.2, 0) is 4.79 Å². The maximum absolute atomic E-state index is 12.7. The van der Waals surface area contributed by atoms with Crippen molar-refractivity contribution >= 4 is 62.2 Å². The van der Waals surface area contributed by atoms with Crippen molar-refractivity contribution in [2.75, 3.05) is 19.1 Å². The van der Waals surface area contributed by atoms with Crippen LogP contribution in [0.5, 0.6) is 11.5 Å². The number of carbonyl (C=O) groups excluding carboxylic acids is 2. The Morgan fingerprint density at radius 1 is 1.12 bits per heavy atom. The molecule has 1 saturated heterocycles. The van der Waals surface area contributed by atoms with E-state index in [-0.39, 0.29) is 5.24 Å². The molecule has 2 aromatic rings. The smallest absolute Gasteiger partial charge is 0.298 e. The van der Waals surface area contributed by atoms with Crippen molar-refractivity contribution in [2.24, 2.45) is 0 Å². The average molecular weight is 455 g/mol. The second kappa shape index (κ2) is 7.73. The number of nitrogens with zero attached hydrogens (tertiary/aromatic N) is 1. The molecule has 26 heavy (non-hydrogen) atoms. The van der Waals surface area contributed by atoms with Gasteiger partial charge in [-0.15, -0.1) is 0 Å². The maximum Gasteiger partial charge on any atom is 0.298 e. The number of halogens is 2. The quantitative estimate of drug-likeness (QED) is 0.582. The summed E-state index contributed by atoms with van der Waals surface area (Å²) in [6.07, 6.45) is 1.64. The number of anilines is 1. The van der Waals surface area contributed by atoms with Gasteiger partial charge in [0.05, 0.1) is 24.8 Å². The molecule has 8 heteroatoms. The Balaban J connectivity index is 1.98. The summed E-state index contributed by atoms with van der Waals surface area (Å²) in [5.41, 5.74) is 1.13. The molecule has 0 saturated carbocycles. The molecule has 1 aliphatic rings. The van der Waals surface area contributed by atoms with Gasteiger partial charge in [-0.1, -0.05) is 33.6 Å². The van der Waals surface area contributed by atoms with Crippen molar-refractivity contribution in [3.63, 3.8) is 0 Å². The summed E-state index contributed by atoms with van der Waals surface area (Å²) >= 11 is 10.3. The van der Waals surface area contributed by atoms with E-state index in [0.717, 1.165) is 16.7 Å². The van der Waals surface area contributed by atoms with E-state index in [2.05, 4.69) is 15.9 Å². The molecule has 1 aliphatic heterocycles. The molecule has 0 radical (unpaired) electrons. The van der Waals surface area contributed by atoms with Gasteiger partial charge in [0.2, 0.25) is 0 Å². The Morgan fingerprint density at radius 3 is 2.46 bits per heavy atom. The molecule has 2 aromatic carbocycles. The van der Waals surface area contributed by atoms with Crippen molar-refractivity contribution in [3.05, 3.63) is 56.4 Å². The summed E-state index contributed by atoms with van der Waals surface area (Å²) in [6, 6.07) is 10.1. The van der Waals surface area contributed by atoms with E-state index in [4.69, 9.17) is 21.1 Å². The first-order chi connectivity index (χ1) is 12.4. The van der Waals surface area contributed by atoms with Crippen molar-refractivity contribution in [3.8, 4) is 11.5 Å². The zero-order chi connectivity index (χ0) is 18.8. The van der Waals surface area contributed by atoms with Gasteiger partial charge in [0.1, 0.15) is 0 Å². The fraction of sp³-hybridized carbons (Fsp3) is 0.111. The first-order valence-corrected chi connectivity index (χ1v) is 9.38. The highest BCUT2D eigenvalue weighted by Gasteiger charge is 2.36. The third-order valence-corrected chi connectivity index (χ3v) is 5.44. The summed E-state index contributed by atoms with van der Waals surface area (Å²) in [6.45, 7) is 0. The van der Waals surface area contributed by atoms with Crippen molar-refractivity contribution in [1.29, 1.82) is 0 Å². The van der Waals surface area contributed by atoms with Crippen LogP contribution >= 0.6 is 39.3 Å². The zero-order valence-corrected chi connectivity index (χ0v) is 16.9. The van der Waals surface area contributed by atoms with Crippen molar-refractivity contribution < 1.29 is 19.1 Å². The lowest BCUT2D eigenvalue weighted by Crippen LogP contribution is -2.27. The van der Waals surface area contributed by atoms with Gasteiger partial charge in [-0.3, -0.25) is 9.59 Å². The number of imide groups is 1. The first-order valence-electron chi connectivity index (χ1n) is 7.39. The maximum atomic E-state index is 12.7. The number of ether oxygens (including phenoxy) is 2. The average Bonchev–Trinajstić information content (AvgIpc) is 2.89. The fourth-order valence-electron chi connectivity index (χ4n) is 2.43. The molecule has 0 bridgehead atoms. The number of thioether (sulfide) groups is 1. The highest BCUT2D eigenvalue weighted by molar-refractivity contribution is 9.10. The standard InChI is InChI=1S/C18H13BrClNO4S/c1-24-14-6-10(13(19)9-15(14)25-2)7-16-17(22)21(18(23)26-16)12-5-3-4-11(20)8-12/h3-9H,1-2H3/b16-7-. The molecular formula is C18H13BrClNO4S. The van der Waals surface area contributed by atoms with Crippen LogP contribution in [0.4, 0.5) is 10.5 Å². The minimum atomic E-state index is -0.399. The van der Waals surface area contributed by atoms with Gasteiger partial charge in [0.25, 0.3) is 11.1 Å². The van der Waals surface area contributed by atoms with Gasteiger partial charge in [0, 0.05) is 9.50 Å². The molecule has 0 N–H and O–H groups in total. The predicted octanol–water partition coefficient (Wildman–Crippen LogP) is 5.36. The SMILES string of the molecule is COc1cc(Br)c(/C=C2\SC(=O)N(c3cccc(Cl)c3)C2=O)cc1OC. The molecule has 0 spiro atoms. The number of hydrogen-bond donors (Lipinski definition) is 0. The molecule has 1 fully saturated rings. The van der Waals surface area contributed by atoms with E-state index < -0.39 is 5.91 Å². The van der Waals surface area contributed by atoms with E-state index in [1.165, 1.54) is 7.11 Å². The lowest BCUT2D eigenvalue weighted by Gasteiger charge is -2.12. The Labute approximate surface area is 168 Å². The number of hydrogen-bond acceptors (Lipinski definition) is 5. The molecule has 5 nitrogen and oxygen atoms in total. The monoisotopic (exact) mass is 453 g/mol. The van der Waals surface area contributed by atoms with Crippen LogP contribution in [0.1, 0.15) is 5.56 Å². The normalized spacial score (nSPS) is 15.7. The third kappa shape index (κ3) is 3.60. The van der Waals surface area contributed by atoms with Crippen LogP contribution < -0.4 is 14.4 Å². The molecule has 134 valence electrons. The molecule has 1 heterocycles. The van der Waals surface area contributed by atoms with E-state index in [9.17, 15) is 9.59 Å². The molecule has 3 rings (SSSR count).